The Balaban J connectivity index is 2.42. The Labute approximate surface area is 126 Å². The first kappa shape index (κ1) is 15.6. The third-order valence-corrected chi connectivity index (χ3v) is 3.52. The van der Waals surface area contributed by atoms with Gasteiger partial charge in [-0.2, -0.15) is 10.2 Å². The van der Waals surface area contributed by atoms with Gasteiger partial charge in [-0.25, -0.2) is 4.98 Å². The lowest BCUT2D eigenvalue weighted by atomic mass is 10.0. The van der Waals surface area contributed by atoms with Gasteiger partial charge in [-0.05, 0) is 39.3 Å². The Morgan fingerprint density at radius 3 is 2.71 bits per heavy atom. The molecule has 5 nitrogen and oxygen atoms in total. The molecule has 5 heteroatoms. The van der Waals surface area contributed by atoms with Gasteiger partial charge in [-0.3, -0.25) is 0 Å². The summed E-state index contributed by atoms with van der Waals surface area (Å²) in [6, 6.07) is 2.18. The molecule has 0 bridgehead atoms. The number of hydrogen-bond donors (Lipinski definition) is 1. The predicted octanol–water partition coefficient (Wildman–Crippen LogP) is 2.79. The van der Waals surface area contributed by atoms with Gasteiger partial charge in [0.05, 0.1) is 17.4 Å². The zero-order valence-corrected chi connectivity index (χ0v) is 13.4. The molecule has 1 N–H and O–H groups in total. The average molecular weight is 287 g/mol. The molecular weight excluding hydrogens is 262 g/mol. The van der Waals surface area contributed by atoms with Crippen molar-refractivity contribution >= 4 is 0 Å². The summed E-state index contributed by atoms with van der Waals surface area (Å²) in [5.74, 6) is 1.06. The fourth-order valence-electron chi connectivity index (χ4n) is 2.50. The van der Waals surface area contributed by atoms with Crippen LogP contribution in [-0.4, -0.2) is 26.3 Å². The Morgan fingerprint density at radius 2 is 2.00 bits per heavy atom. The number of aromatic nitrogens is 4. The Bertz CT molecular complexity index is 576. The highest BCUT2D eigenvalue weighted by Crippen LogP contribution is 2.23. The molecule has 0 radical (unpaired) electrons. The molecule has 0 saturated carbocycles. The van der Waals surface area contributed by atoms with Crippen molar-refractivity contribution in [3.63, 3.8) is 0 Å². The van der Waals surface area contributed by atoms with Crippen molar-refractivity contribution in [2.75, 3.05) is 6.54 Å². The minimum absolute atomic E-state index is 0.0701. The molecule has 0 aliphatic heterocycles. The maximum atomic E-state index is 4.59. The molecule has 2 heterocycles. The molecule has 1 unspecified atom stereocenters. The highest BCUT2D eigenvalue weighted by atomic mass is 15.1. The summed E-state index contributed by atoms with van der Waals surface area (Å²) in [4.78, 5) is 4.59. The van der Waals surface area contributed by atoms with Gasteiger partial charge in [0, 0.05) is 24.5 Å². The molecule has 0 aliphatic carbocycles. The van der Waals surface area contributed by atoms with Gasteiger partial charge in [0.15, 0.2) is 0 Å². The maximum absolute atomic E-state index is 4.59. The molecule has 0 amide bonds. The van der Waals surface area contributed by atoms with Crippen LogP contribution in [0.4, 0.5) is 0 Å². The van der Waals surface area contributed by atoms with Crippen molar-refractivity contribution in [1.29, 1.82) is 0 Å². The van der Waals surface area contributed by atoms with E-state index in [0.29, 0.717) is 0 Å². The van der Waals surface area contributed by atoms with Gasteiger partial charge in [-0.15, -0.1) is 0 Å². The molecule has 2 aromatic rings. The zero-order valence-electron chi connectivity index (χ0n) is 13.4. The van der Waals surface area contributed by atoms with Crippen LogP contribution in [0.3, 0.4) is 0 Å². The summed E-state index contributed by atoms with van der Waals surface area (Å²) in [5.41, 5.74) is 3.06. The molecular formula is C16H25N5. The Morgan fingerprint density at radius 1 is 1.19 bits per heavy atom. The van der Waals surface area contributed by atoms with Crippen LogP contribution in [0, 0.1) is 13.8 Å². The third kappa shape index (κ3) is 3.67. The first-order valence-electron chi connectivity index (χ1n) is 7.72. The van der Waals surface area contributed by atoms with Crippen LogP contribution in [0.2, 0.25) is 0 Å². The van der Waals surface area contributed by atoms with E-state index in [1.165, 1.54) is 5.56 Å². The predicted molar refractivity (Wildman–Crippen MR) is 84.2 cm³/mol. The fraction of sp³-hybridized carbons (Fsp3) is 0.562. The van der Waals surface area contributed by atoms with Crippen LogP contribution < -0.4 is 5.32 Å². The van der Waals surface area contributed by atoms with Gasteiger partial charge in [-0.1, -0.05) is 13.8 Å². The molecule has 114 valence electrons. The van der Waals surface area contributed by atoms with E-state index < -0.39 is 0 Å². The van der Waals surface area contributed by atoms with E-state index in [4.69, 9.17) is 0 Å². The second-order valence-electron chi connectivity index (χ2n) is 5.39. The van der Waals surface area contributed by atoms with E-state index in [0.717, 1.165) is 43.1 Å². The molecule has 0 aliphatic rings. The first-order chi connectivity index (χ1) is 10.2. The third-order valence-electron chi connectivity index (χ3n) is 3.52. The van der Waals surface area contributed by atoms with E-state index in [1.54, 1.807) is 0 Å². The molecule has 2 aromatic heterocycles. The van der Waals surface area contributed by atoms with E-state index in [1.807, 2.05) is 20.0 Å². The minimum atomic E-state index is 0.0701. The average Bonchev–Trinajstić information content (AvgIpc) is 2.92. The number of nitrogens with one attached hydrogen (secondary N) is 1. The van der Waals surface area contributed by atoms with Gasteiger partial charge in [0.1, 0.15) is 5.82 Å². The standard InChI is InChI=1S/C16H25N5/c1-5-7-17-15(14-11-12(3)19-20-13(14)4)16-18-8-10-21(16)9-6-2/h8,10-11,15,17H,5-7,9H2,1-4H3. The number of imidazole rings is 1. The quantitative estimate of drug-likeness (QED) is 0.851. The molecule has 21 heavy (non-hydrogen) atoms. The summed E-state index contributed by atoms with van der Waals surface area (Å²) < 4.78 is 2.22. The summed E-state index contributed by atoms with van der Waals surface area (Å²) in [6.07, 6.45) is 6.11. The number of rotatable bonds is 7. The SMILES string of the molecule is CCCNC(c1cc(C)nnc1C)c1nccn1CCC. The second kappa shape index (κ2) is 7.31. The number of nitrogens with zero attached hydrogens (tertiary/aromatic N) is 4. The monoisotopic (exact) mass is 287 g/mol. The number of hydrogen-bond acceptors (Lipinski definition) is 4. The van der Waals surface area contributed by atoms with E-state index in [-0.39, 0.29) is 6.04 Å². The van der Waals surface area contributed by atoms with Crippen molar-refractivity contribution in [1.82, 2.24) is 25.1 Å². The molecule has 0 aromatic carbocycles. The lowest BCUT2D eigenvalue weighted by molar-refractivity contribution is 0.525. The summed E-state index contributed by atoms with van der Waals surface area (Å²) in [5, 5.41) is 12.0. The minimum Gasteiger partial charge on any atom is -0.333 e. The summed E-state index contributed by atoms with van der Waals surface area (Å²) in [6.45, 7) is 10.3. The van der Waals surface area contributed by atoms with Crippen LogP contribution in [0.1, 0.15) is 55.5 Å². The van der Waals surface area contributed by atoms with Gasteiger partial charge >= 0.3 is 0 Å². The summed E-state index contributed by atoms with van der Waals surface area (Å²) in [7, 11) is 0. The van der Waals surface area contributed by atoms with Crippen molar-refractivity contribution in [3.05, 3.63) is 41.2 Å². The fourth-order valence-corrected chi connectivity index (χ4v) is 2.50. The van der Waals surface area contributed by atoms with Crippen molar-refractivity contribution in [3.8, 4) is 0 Å². The summed E-state index contributed by atoms with van der Waals surface area (Å²) >= 11 is 0. The van der Waals surface area contributed by atoms with Crippen molar-refractivity contribution in [2.24, 2.45) is 0 Å². The molecule has 0 spiro atoms. The lowest BCUT2D eigenvalue weighted by Gasteiger charge is -2.21. The maximum Gasteiger partial charge on any atom is 0.130 e. The smallest absolute Gasteiger partial charge is 0.130 e. The van der Waals surface area contributed by atoms with Gasteiger partial charge in [0.2, 0.25) is 0 Å². The zero-order chi connectivity index (χ0) is 15.2. The van der Waals surface area contributed by atoms with Gasteiger partial charge < -0.3 is 9.88 Å². The highest BCUT2D eigenvalue weighted by Gasteiger charge is 2.21. The van der Waals surface area contributed by atoms with Crippen molar-refractivity contribution < 1.29 is 0 Å². The van der Waals surface area contributed by atoms with Crippen LogP contribution in [0.15, 0.2) is 18.5 Å². The lowest BCUT2D eigenvalue weighted by Crippen LogP contribution is -2.27. The van der Waals surface area contributed by atoms with Crippen LogP contribution in [-0.2, 0) is 6.54 Å². The van der Waals surface area contributed by atoms with Crippen LogP contribution in [0.5, 0.6) is 0 Å². The highest BCUT2D eigenvalue weighted by molar-refractivity contribution is 5.29. The molecule has 1 atom stereocenters. The normalized spacial score (nSPS) is 12.6. The Kier molecular flexibility index (Phi) is 5.44. The molecule has 0 fully saturated rings. The van der Waals surface area contributed by atoms with E-state index in [2.05, 4.69) is 51.2 Å². The van der Waals surface area contributed by atoms with E-state index in [9.17, 15) is 0 Å². The largest absolute Gasteiger partial charge is 0.333 e. The molecule has 2 rings (SSSR count). The van der Waals surface area contributed by atoms with E-state index >= 15 is 0 Å². The van der Waals surface area contributed by atoms with Crippen LogP contribution >= 0.6 is 0 Å². The molecule has 0 saturated heterocycles. The Hall–Kier alpha value is -1.75. The van der Waals surface area contributed by atoms with Gasteiger partial charge in [0.25, 0.3) is 0 Å². The number of aryl methyl sites for hydroxylation is 3. The van der Waals surface area contributed by atoms with Crippen LogP contribution in [0.25, 0.3) is 0 Å². The topological polar surface area (TPSA) is 55.6 Å². The first-order valence-corrected chi connectivity index (χ1v) is 7.72. The van der Waals surface area contributed by atoms with Crippen molar-refractivity contribution in [2.45, 2.75) is 53.1 Å². The second-order valence-corrected chi connectivity index (χ2v) is 5.39.